The van der Waals surface area contributed by atoms with E-state index in [4.69, 9.17) is 16.3 Å². The standard InChI is InChI=1S/C18H23ClN4O2S/c1-4-10-20-17(24)13(3)26-18-22-21-16(23(18)11-5-2)12-25-15-8-6-14(19)7-9-15/h5-9,13H,2,4,10-12H2,1,3H3,(H,20,24). The van der Waals surface area contributed by atoms with Gasteiger partial charge < -0.3 is 10.1 Å². The van der Waals surface area contributed by atoms with E-state index < -0.39 is 0 Å². The highest BCUT2D eigenvalue weighted by Gasteiger charge is 2.19. The molecule has 1 atom stereocenters. The molecule has 0 fully saturated rings. The highest BCUT2D eigenvalue weighted by atomic mass is 35.5. The summed E-state index contributed by atoms with van der Waals surface area (Å²) in [4.78, 5) is 12.1. The van der Waals surface area contributed by atoms with Crippen molar-refractivity contribution in [1.29, 1.82) is 0 Å². The molecule has 1 amide bonds. The Morgan fingerprint density at radius 1 is 1.42 bits per heavy atom. The van der Waals surface area contributed by atoms with Crippen molar-refractivity contribution in [1.82, 2.24) is 20.1 Å². The van der Waals surface area contributed by atoms with Gasteiger partial charge in [0.05, 0.1) is 5.25 Å². The second-order valence-electron chi connectivity index (χ2n) is 5.59. The lowest BCUT2D eigenvalue weighted by atomic mass is 10.3. The molecule has 1 aromatic heterocycles. The number of benzene rings is 1. The Balaban J connectivity index is 2.05. The third-order valence-electron chi connectivity index (χ3n) is 3.49. The van der Waals surface area contributed by atoms with Crippen LogP contribution >= 0.6 is 23.4 Å². The molecule has 0 radical (unpaired) electrons. The third-order valence-corrected chi connectivity index (χ3v) is 4.82. The van der Waals surface area contributed by atoms with Gasteiger partial charge in [-0.2, -0.15) is 0 Å². The van der Waals surface area contributed by atoms with Gasteiger partial charge in [0.1, 0.15) is 12.4 Å². The fourth-order valence-corrected chi connectivity index (χ4v) is 3.14. The van der Waals surface area contributed by atoms with Gasteiger partial charge in [0.15, 0.2) is 11.0 Å². The van der Waals surface area contributed by atoms with E-state index in [1.54, 1.807) is 30.3 Å². The van der Waals surface area contributed by atoms with Gasteiger partial charge in [-0.1, -0.05) is 36.4 Å². The van der Waals surface area contributed by atoms with Crippen LogP contribution in [0.1, 0.15) is 26.1 Å². The number of rotatable bonds is 10. The van der Waals surface area contributed by atoms with Crippen molar-refractivity contribution in [2.75, 3.05) is 6.54 Å². The van der Waals surface area contributed by atoms with Gasteiger partial charge in [-0.05, 0) is 37.6 Å². The number of nitrogens with one attached hydrogen (secondary N) is 1. The van der Waals surface area contributed by atoms with Gasteiger partial charge in [0.2, 0.25) is 5.91 Å². The zero-order valence-corrected chi connectivity index (χ0v) is 16.5. The van der Waals surface area contributed by atoms with E-state index in [-0.39, 0.29) is 17.8 Å². The van der Waals surface area contributed by atoms with Crippen LogP contribution in [-0.2, 0) is 17.9 Å². The summed E-state index contributed by atoms with van der Waals surface area (Å²) in [7, 11) is 0. The Bertz CT molecular complexity index is 733. The first-order chi connectivity index (χ1) is 12.5. The van der Waals surface area contributed by atoms with Crippen LogP contribution in [0.15, 0.2) is 42.1 Å². The summed E-state index contributed by atoms with van der Waals surface area (Å²) in [5.41, 5.74) is 0. The number of hydrogen-bond acceptors (Lipinski definition) is 5. The van der Waals surface area contributed by atoms with Crippen LogP contribution in [-0.4, -0.2) is 32.5 Å². The number of halogens is 1. The van der Waals surface area contributed by atoms with E-state index >= 15 is 0 Å². The van der Waals surface area contributed by atoms with E-state index in [0.29, 0.717) is 34.8 Å². The van der Waals surface area contributed by atoms with Gasteiger partial charge in [0.25, 0.3) is 0 Å². The van der Waals surface area contributed by atoms with Gasteiger partial charge in [-0.25, -0.2) is 0 Å². The highest BCUT2D eigenvalue weighted by molar-refractivity contribution is 8.00. The Hall–Kier alpha value is -1.99. The van der Waals surface area contributed by atoms with Crippen molar-refractivity contribution in [3.8, 4) is 5.75 Å². The van der Waals surface area contributed by atoms with E-state index in [1.807, 2.05) is 18.4 Å². The smallest absolute Gasteiger partial charge is 0.233 e. The number of nitrogens with zero attached hydrogens (tertiary/aromatic N) is 3. The van der Waals surface area contributed by atoms with Crippen molar-refractivity contribution >= 4 is 29.3 Å². The second kappa shape index (κ2) is 10.2. The number of ether oxygens (including phenoxy) is 1. The molecule has 2 aromatic rings. The van der Waals surface area contributed by atoms with Crippen LogP contribution in [0.25, 0.3) is 0 Å². The van der Waals surface area contributed by atoms with Crippen LogP contribution in [0.3, 0.4) is 0 Å². The maximum atomic E-state index is 12.1. The topological polar surface area (TPSA) is 69.0 Å². The van der Waals surface area contributed by atoms with E-state index in [1.165, 1.54) is 11.8 Å². The lowest BCUT2D eigenvalue weighted by molar-refractivity contribution is -0.120. The molecule has 1 N–H and O–H groups in total. The minimum absolute atomic E-state index is 0.0102. The summed E-state index contributed by atoms with van der Waals surface area (Å²) in [6.45, 7) is 9.13. The van der Waals surface area contributed by atoms with Crippen LogP contribution in [0.5, 0.6) is 5.75 Å². The summed E-state index contributed by atoms with van der Waals surface area (Å²) < 4.78 is 7.65. The number of carbonyl (C=O) groups is 1. The molecule has 140 valence electrons. The van der Waals surface area contributed by atoms with Crippen LogP contribution in [0.4, 0.5) is 0 Å². The van der Waals surface area contributed by atoms with Crippen molar-refractivity contribution in [3.63, 3.8) is 0 Å². The summed E-state index contributed by atoms with van der Waals surface area (Å²) in [6, 6.07) is 7.13. The van der Waals surface area contributed by atoms with Gasteiger partial charge in [-0.3, -0.25) is 9.36 Å². The van der Waals surface area contributed by atoms with Crippen LogP contribution in [0, 0.1) is 0 Å². The molecule has 1 heterocycles. The molecule has 1 unspecified atom stereocenters. The van der Waals surface area contributed by atoms with Crippen molar-refractivity contribution in [3.05, 3.63) is 47.8 Å². The van der Waals surface area contributed by atoms with Gasteiger partial charge in [-0.15, -0.1) is 16.8 Å². The zero-order chi connectivity index (χ0) is 18.9. The first kappa shape index (κ1) is 20.3. The number of aromatic nitrogens is 3. The SMILES string of the molecule is C=CCn1c(COc2ccc(Cl)cc2)nnc1SC(C)C(=O)NCCC. The molecule has 0 saturated carbocycles. The molecular formula is C18H23ClN4O2S. The molecule has 0 bridgehead atoms. The van der Waals surface area contributed by atoms with Crippen molar-refractivity contribution < 1.29 is 9.53 Å². The number of thioether (sulfide) groups is 1. The Labute approximate surface area is 163 Å². The summed E-state index contributed by atoms with van der Waals surface area (Å²) >= 11 is 7.25. The molecule has 0 saturated heterocycles. The molecule has 0 aliphatic rings. The second-order valence-corrected chi connectivity index (χ2v) is 7.34. The molecule has 2 rings (SSSR count). The van der Waals surface area contributed by atoms with E-state index in [0.717, 1.165) is 6.42 Å². The van der Waals surface area contributed by atoms with Crippen LogP contribution in [0.2, 0.25) is 5.02 Å². The van der Waals surface area contributed by atoms with Gasteiger partial charge in [0, 0.05) is 18.1 Å². The fraction of sp³-hybridized carbons (Fsp3) is 0.389. The van der Waals surface area contributed by atoms with E-state index in [2.05, 4.69) is 22.1 Å². The zero-order valence-electron chi connectivity index (χ0n) is 14.9. The molecule has 0 aliphatic carbocycles. The molecule has 1 aromatic carbocycles. The Morgan fingerprint density at radius 3 is 2.81 bits per heavy atom. The summed E-state index contributed by atoms with van der Waals surface area (Å²) in [5.74, 6) is 1.36. The average Bonchev–Trinajstić information content (AvgIpc) is 3.01. The molecule has 0 spiro atoms. The normalized spacial score (nSPS) is 11.8. The first-order valence-corrected chi connectivity index (χ1v) is 9.66. The third kappa shape index (κ3) is 5.78. The fourth-order valence-electron chi connectivity index (χ4n) is 2.11. The first-order valence-electron chi connectivity index (χ1n) is 8.40. The lowest BCUT2D eigenvalue weighted by Crippen LogP contribution is -2.31. The Kier molecular flexibility index (Phi) is 8.00. The summed E-state index contributed by atoms with van der Waals surface area (Å²) in [6.07, 6.45) is 2.67. The molecule has 8 heteroatoms. The number of carbonyl (C=O) groups excluding carboxylic acids is 1. The minimum atomic E-state index is -0.264. The largest absolute Gasteiger partial charge is 0.486 e. The van der Waals surface area contributed by atoms with Gasteiger partial charge >= 0.3 is 0 Å². The van der Waals surface area contributed by atoms with E-state index in [9.17, 15) is 4.79 Å². The molecular weight excluding hydrogens is 372 g/mol. The molecule has 26 heavy (non-hydrogen) atoms. The van der Waals surface area contributed by atoms with Crippen molar-refractivity contribution in [2.45, 2.75) is 43.8 Å². The highest BCUT2D eigenvalue weighted by Crippen LogP contribution is 2.23. The Morgan fingerprint density at radius 2 is 2.15 bits per heavy atom. The summed E-state index contributed by atoms with van der Waals surface area (Å²) in [5, 5.41) is 12.4. The number of hydrogen-bond donors (Lipinski definition) is 1. The maximum Gasteiger partial charge on any atom is 0.233 e. The predicted molar refractivity (Wildman–Crippen MR) is 105 cm³/mol. The quantitative estimate of drug-likeness (QED) is 0.491. The predicted octanol–water partition coefficient (Wildman–Crippen LogP) is 3.70. The maximum absolute atomic E-state index is 12.1. The molecule has 6 nitrogen and oxygen atoms in total. The van der Waals surface area contributed by atoms with Crippen LogP contribution < -0.4 is 10.1 Å². The monoisotopic (exact) mass is 394 g/mol. The average molecular weight is 395 g/mol. The minimum Gasteiger partial charge on any atom is -0.486 e. The van der Waals surface area contributed by atoms with Crippen molar-refractivity contribution in [2.24, 2.45) is 0 Å². The molecule has 0 aliphatic heterocycles. The number of allylic oxidation sites excluding steroid dienone is 1. The number of amides is 1. The lowest BCUT2D eigenvalue weighted by Gasteiger charge is -2.12.